The maximum atomic E-state index is 13.6. The van der Waals surface area contributed by atoms with E-state index in [1.165, 1.54) is 0 Å². The monoisotopic (exact) mass is 343 g/mol. The molecule has 1 fully saturated rings. The third kappa shape index (κ3) is 3.91. The Balaban J connectivity index is 1.95. The summed E-state index contributed by atoms with van der Waals surface area (Å²) in [6.07, 6.45) is 2.21. The largest absolute Gasteiger partial charge is 0.381 e. The van der Waals surface area contributed by atoms with E-state index >= 15 is 0 Å². The molecule has 4 nitrogen and oxygen atoms in total. The van der Waals surface area contributed by atoms with E-state index < -0.39 is 9.73 Å². The molecule has 0 saturated carbocycles. The van der Waals surface area contributed by atoms with Crippen molar-refractivity contribution in [1.29, 1.82) is 0 Å². The van der Waals surface area contributed by atoms with Gasteiger partial charge in [0.05, 0.1) is 9.79 Å². The Bertz CT molecular complexity index is 744. The lowest BCUT2D eigenvalue weighted by atomic mass is 9.99. The van der Waals surface area contributed by atoms with Crippen LogP contribution in [0.1, 0.15) is 19.3 Å². The van der Waals surface area contributed by atoms with Gasteiger partial charge in [-0.15, -0.1) is 0 Å². The number of rotatable bonds is 4. The Morgan fingerprint density at radius 1 is 1.04 bits per heavy atom. The van der Waals surface area contributed by atoms with Crippen LogP contribution >= 0.6 is 0 Å². The summed E-state index contributed by atoms with van der Waals surface area (Å²) >= 11 is 0. The Kier molecular flexibility index (Phi) is 5.43. The molecule has 1 aliphatic rings. The Labute approximate surface area is 143 Å². The molecule has 5 heteroatoms. The maximum absolute atomic E-state index is 13.6. The van der Waals surface area contributed by atoms with Crippen molar-refractivity contribution in [2.75, 3.05) is 13.2 Å². The van der Waals surface area contributed by atoms with Gasteiger partial charge in [-0.3, -0.25) is 4.79 Å². The first kappa shape index (κ1) is 16.9. The molecule has 0 aliphatic carbocycles. The van der Waals surface area contributed by atoms with Crippen LogP contribution in [0, 0.1) is 5.92 Å². The molecule has 2 aromatic rings. The van der Waals surface area contributed by atoms with Crippen molar-refractivity contribution in [3.05, 3.63) is 60.7 Å². The standard InChI is InChI=1S/C19H21NO3S/c21-19(14-16-8-7-13-23-15-16)20-24(22,17-9-3-1-4-10-17)18-11-5-2-6-12-18/h1-6,9-12,16H,7-8,13-15H2. The molecule has 0 spiro atoms. The van der Waals surface area contributed by atoms with E-state index in [0.29, 0.717) is 16.4 Å². The van der Waals surface area contributed by atoms with Crippen LogP contribution < -0.4 is 0 Å². The Morgan fingerprint density at radius 3 is 2.12 bits per heavy atom. The van der Waals surface area contributed by atoms with E-state index in [0.717, 1.165) is 19.4 Å². The van der Waals surface area contributed by atoms with E-state index in [9.17, 15) is 9.00 Å². The highest BCUT2D eigenvalue weighted by atomic mass is 32.2. The molecule has 0 radical (unpaired) electrons. The zero-order valence-corrected chi connectivity index (χ0v) is 14.3. The number of hydrogen-bond donors (Lipinski definition) is 0. The fraction of sp³-hybridized carbons (Fsp3) is 0.316. The van der Waals surface area contributed by atoms with Crippen LogP contribution in [0.3, 0.4) is 0 Å². The van der Waals surface area contributed by atoms with E-state index in [2.05, 4.69) is 4.36 Å². The van der Waals surface area contributed by atoms with Gasteiger partial charge >= 0.3 is 0 Å². The molecule has 1 atom stereocenters. The van der Waals surface area contributed by atoms with E-state index in [4.69, 9.17) is 4.74 Å². The lowest BCUT2D eigenvalue weighted by molar-refractivity contribution is -0.119. The van der Waals surface area contributed by atoms with Crippen molar-refractivity contribution in [3.8, 4) is 0 Å². The predicted molar refractivity (Wildman–Crippen MR) is 93.2 cm³/mol. The van der Waals surface area contributed by atoms with Crippen molar-refractivity contribution in [2.45, 2.75) is 29.1 Å². The summed E-state index contributed by atoms with van der Waals surface area (Å²) in [6.45, 7) is 1.34. The highest BCUT2D eigenvalue weighted by molar-refractivity contribution is 7.94. The van der Waals surface area contributed by atoms with E-state index in [-0.39, 0.29) is 18.2 Å². The summed E-state index contributed by atoms with van der Waals surface area (Å²) in [5.74, 6) is -0.145. The van der Waals surface area contributed by atoms with Gasteiger partial charge in [0.2, 0.25) is 0 Å². The smallest absolute Gasteiger partial charge is 0.254 e. The van der Waals surface area contributed by atoms with Crippen molar-refractivity contribution in [3.63, 3.8) is 0 Å². The molecular formula is C19H21NO3S. The fourth-order valence-corrected chi connectivity index (χ4v) is 4.74. The highest BCUT2D eigenvalue weighted by Crippen LogP contribution is 2.25. The molecule has 0 aromatic heterocycles. The van der Waals surface area contributed by atoms with Crippen LogP contribution in [0.5, 0.6) is 0 Å². The average Bonchev–Trinajstić information content (AvgIpc) is 2.64. The number of amides is 1. The molecule has 1 aliphatic heterocycles. The van der Waals surface area contributed by atoms with Crippen molar-refractivity contribution < 1.29 is 13.7 Å². The predicted octanol–water partition coefficient (Wildman–Crippen LogP) is 3.92. The first-order valence-corrected chi connectivity index (χ1v) is 9.68. The Hall–Kier alpha value is -1.98. The summed E-state index contributed by atoms with van der Waals surface area (Å²) in [5, 5.41) is 0. The lowest BCUT2D eigenvalue weighted by Crippen LogP contribution is -2.20. The molecule has 1 unspecified atom stereocenters. The zero-order chi connectivity index (χ0) is 16.8. The fourth-order valence-electron chi connectivity index (χ4n) is 2.85. The second-order valence-corrected chi connectivity index (χ2v) is 8.10. The molecule has 0 bridgehead atoms. The molecule has 2 aromatic carbocycles. The molecule has 0 N–H and O–H groups in total. The molecule has 24 heavy (non-hydrogen) atoms. The lowest BCUT2D eigenvalue weighted by Gasteiger charge is -2.20. The Morgan fingerprint density at radius 2 is 1.62 bits per heavy atom. The second kappa shape index (κ2) is 7.73. The minimum atomic E-state index is -2.96. The van der Waals surface area contributed by atoms with E-state index in [1.807, 2.05) is 36.4 Å². The minimum absolute atomic E-state index is 0.171. The van der Waals surface area contributed by atoms with Gasteiger partial charge in [0.25, 0.3) is 5.91 Å². The van der Waals surface area contributed by atoms with Gasteiger partial charge in [-0.1, -0.05) is 36.4 Å². The maximum Gasteiger partial charge on any atom is 0.254 e. The third-order valence-electron chi connectivity index (χ3n) is 4.07. The van der Waals surface area contributed by atoms with Gasteiger partial charge in [0.1, 0.15) is 9.73 Å². The number of ether oxygens (including phenoxy) is 1. The van der Waals surface area contributed by atoms with Gasteiger partial charge in [0.15, 0.2) is 0 Å². The van der Waals surface area contributed by atoms with Crippen LogP contribution in [0.2, 0.25) is 0 Å². The zero-order valence-electron chi connectivity index (χ0n) is 13.5. The second-order valence-electron chi connectivity index (χ2n) is 5.92. The summed E-state index contributed by atoms with van der Waals surface area (Å²) in [6, 6.07) is 18.0. The van der Waals surface area contributed by atoms with Crippen LogP contribution in [0.4, 0.5) is 0 Å². The first-order valence-electron chi connectivity index (χ1n) is 8.16. The summed E-state index contributed by atoms with van der Waals surface area (Å²) in [7, 11) is -2.96. The number of carbonyl (C=O) groups excluding carboxylic acids is 1. The van der Waals surface area contributed by atoms with E-state index in [1.54, 1.807) is 24.3 Å². The SMILES string of the molecule is O=C(CC1CCCOC1)N=S(=O)(c1ccccc1)c1ccccc1. The summed E-state index contributed by atoms with van der Waals surface area (Å²) < 4.78 is 23.2. The quantitative estimate of drug-likeness (QED) is 0.845. The van der Waals surface area contributed by atoms with Gasteiger partial charge in [0, 0.05) is 19.6 Å². The van der Waals surface area contributed by atoms with Crippen LogP contribution in [-0.4, -0.2) is 23.3 Å². The third-order valence-corrected chi connectivity index (χ3v) is 6.36. The van der Waals surface area contributed by atoms with Gasteiger partial charge < -0.3 is 4.74 Å². The molecule has 3 rings (SSSR count). The molecule has 1 saturated heterocycles. The highest BCUT2D eigenvalue weighted by Gasteiger charge is 2.21. The molecular weight excluding hydrogens is 322 g/mol. The molecule has 126 valence electrons. The van der Waals surface area contributed by atoms with Crippen LogP contribution in [0.25, 0.3) is 0 Å². The van der Waals surface area contributed by atoms with Gasteiger partial charge in [-0.25, -0.2) is 4.21 Å². The number of carbonyl (C=O) groups is 1. The summed E-state index contributed by atoms with van der Waals surface area (Å²) in [5.41, 5.74) is 0. The average molecular weight is 343 g/mol. The number of hydrogen-bond acceptors (Lipinski definition) is 3. The van der Waals surface area contributed by atoms with Crippen molar-refractivity contribution in [2.24, 2.45) is 10.3 Å². The number of benzene rings is 2. The topological polar surface area (TPSA) is 55.7 Å². The van der Waals surface area contributed by atoms with Gasteiger partial charge in [-0.2, -0.15) is 4.36 Å². The molecule has 1 amide bonds. The van der Waals surface area contributed by atoms with Crippen molar-refractivity contribution >= 4 is 15.6 Å². The minimum Gasteiger partial charge on any atom is -0.381 e. The molecule has 1 heterocycles. The van der Waals surface area contributed by atoms with Crippen LogP contribution in [0.15, 0.2) is 74.8 Å². The normalized spacial score (nSPS) is 18.1. The van der Waals surface area contributed by atoms with Crippen molar-refractivity contribution in [1.82, 2.24) is 0 Å². The van der Waals surface area contributed by atoms with Gasteiger partial charge in [-0.05, 0) is 43.0 Å². The van der Waals surface area contributed by atoms with Crippen LogP contribution in [-0.2, 0) is 19.3 Å². The number of nitrogens with zero attached hydrogens (tertiary/aromatic N) is 1. The first-order chi connectivity index (χ1) is 11.7. The summed E-state index contributed by atoms with van der Waals surface area (Å²) in [4.78, 5) is 13.6.